The largest absolute Gasteiger partial charge is 0.354 e. The van der Waals surface area contributed by atoms with Gasteiger partial charge in [-0.3, -0.25) is 0 Å². The molecule has 0 aliphatic carbocycles. The van der Waals surface area contributed by atoms with E-state index in [0.717, 1.165) is 12.2 Å². The highest BCUT2D eigenvalue weighted by atomic mass is 79.9. The van der Waals surface area contributed by atoms with Crippen LogP contribution in [0.15, 0.2) is 28.7 Å². The van der Waals surface area contributed by atoms with Crippen LogP contribution >= 0.6 is 15.9 Å². The van der Waals surface area contributed by atoms with E-state index in [1.807, 2.05) is 13.8 Å². The van der Waals surface area contributed by atoms with Crippen molar-refractivity contribution >= 4 is 33.4 Å². The van der Waals surface area contributed by atoms with Gasteiger partial charge >= 0.3 is 0 Å². The zero-order valence-electron chi connectivity index (χ0n) is 10.7. The summed E-state index contributed by atoms with van der Waals surface area (Å²) >= 11 is 3.31. The summed E-state index contributed by atoms with van der Waals surface area (Å²) in [5.41, 5.74) is 1.17. The summed E-state index contributed by atoms with van der Waals surface area (Å²) in [5.74, 6) is 0.738. The minimum absolute atomic E-state index is 0.337. The number of nitrogens with zero attached hydrogens (tertiary/aromatic N) is 2. The monoisotopic (exact) mass is 324 g/mol. The van der Waals surface area contributed by atoms with Gasteiger partial charge in [-0.25, -0.2) is 9.37 Å². The van der Waals surface area contributed by atoms with Gasteiger partial charge in [0.2, 0.25) is 5.95 Å². The number of rotatable bonds is 4. The molecule has 0 saturated carbocycles. The number of hydrogen-bond acceptors (Lipinski definition) is 4. The van der Waals surface area contributed by atoms with Crippen LogP contribution < -0.4 is 10.6 Å². The molecular formula is C13H14BrFN4. The van der Waals surface area contributed by atoms with Crippen molar-refractivity contribution in [1.82, 2.24) is 9.97 Å². The second kappa shape index (κ2) is 5.97. The third-order valence-electron chi connectivity index (χ3n) is 2.40. The molecule has 4 nitrogen and oxygen atoms in total. The molecule has 0 aliphatic rings. The molecule has 0 saturated heterocycles. The Balaban J connectivity index is 2.33. The molecule has 2 aromatic rings. The highest BCUT2D eigenvalue weighted by molar-refractivity contribution is 9.10. The van der Waals surface area contributed by atoms with Crippen LogP contribution in [0.3, 0.4) is 0 Å². The van der Waals surface area contributed by atoms with E-state index in [1.54, 1.807) is 18.2 Å². The third-order valence-corrected chi connectivity index (χ3v) is 3.07. The number of hydrogen-bond donors (Lipinski definition) is 2. The summed E-state index contributed by atoms with van der Waals surface area (Å²) in [6.45, 7) is 4.56. The van der Waals surface area contributed by atoms with Crippen molar-refractivity contribution in [2.24, 2.45) is 0 Å². The molecule has 19 heavy (non-hydrogen) atoms. The molecule has 0 bridgehead atoms. The van der Waals surface area contributed by atoms with Gasteiger partial charge in [0.25, 0.3) is 0 Å². The van der Waals surface area contributed by atoms with Gasteiger partial charge in [-0.1, -0.05) is 6.07 Å². The van der Waals surface area contributed by atoms with E-state index < -0.39 is 0 Å². The first-order valence-corrected chi connectivity index (χ1v) is 6.70. The molecule has 1 aromatic carbocycles. The lowest BCUT2D eigenvalue weighted by Crippen LogP contribution is -2.06. The van der Waals surface area contributed by atoms with E-state index in [9.17, 15) is 4.39 Å². The Kier molecular flexibility index (Phi) is 4.31. The van der Waals surface area contributed by atoms with Crippen LogP contribution in [0.2, 0.25) is 0 Å². The number of aromatic nitrogens is 2. The molecule has 6 heteroatoms. The van der Waals surface area contributed by atoms with Crippen LogP contribution in [0.4, 0.5) is 21.8 Å². The molecule has 2 N–H and O–H groups in total. The Morgan fingerprint density at radius 3 is 2.79 bits per heavy atom. The van der Waals surface area contributed by atoms with Crippen molar-refractivity contribution in [3.8, 4) is 0 Å². The van der Waals surface area contributed by atoms with Gasteiger partial charge in [-0.2, -0.15) is 4.98 Å². The van der Waals surface area contributed by atoms with Crippen LogP contribution in [0.25, 0.3) is 0 Å². The molecule has 1 heterocycles. The van der Waals surface area contributed by atoms with E-state index >= 15 is 0 Å². The van der Waals surface area contributed by atoms with Crippen LogP contribution in [-0.4, -0.2) is 16.5 Å². The van der Waals surface area contributed by atoms with Gasteiger partial charge in [0.05, 0.1) is 5.69 Å². The summed E-state index contributed by atoms with van der Waals surface area (Å²) in [6.07, 6.45) is 0. The summed E-state index contributed by atoms with van der Waals surface area (Å²) in [6, 6.07) is 6.57. The zero-order valence-corrected chi connectivity index (χ0v) is 12.3. The lowest BCUT2D eigenvalue weighted by atomic mass is 10.3. The number of nitrogens with one attached hydrogen (secondary N) is 2. The smallest absolute Gasteiger partial charge is 0.224 e. The van der Waals surface area contributed by atoms with E-state index in [0.29, 0.717) is 21.9 Å². The highest BCUT2D eigenvalue weighted by Gasteiger charge is 2.08. The van der Waals surface area contributed by atoms with Gasteiger partial charge in [-0.05, 0) is 41.9 Å². The number of anilines is 3. The summed E-state index contributed by atoms with van der Waals surface area (Å²) in [7, 11) is 0. The zero-order chi connectivity index (χ0) is 13.8. The normalized spacial score (nSPS) is 10.3. The van der Waals surface area contributed by atoms with E-state index in [4.69, 9.17) is 0 Å². The molecule has 100 valence electrons. The second-order valence-corrected chi connectivity index (χ2v) is 4.82. The second-order valence-electron chi connectivity index (χ2n) is 3.97. The van der Waals surface area contributed by atoms with Crippen molar-refractivity contribution in [3.05, 3.63) is 40.2 Å². The lowest BCUT2D eigenvalue weighted by molar-refractivity contribution is 0.631. The van der Waals surface area contributed by atoms with E-state index in [2.05, 4.69) is 36.5 Å². The third kappa shape index (κ3) is 3.41. The van der Waals surface area contributed by atoms with Crippen molar-refractivity contribution in [2.45, 2.75) is 13.8 Å². The summed E-state index contributed by atoms with van der Waals surface area (Å²) in [5, 5.41) is 6.00. The molecule has 0 atom stereocenters. The Morgan fingerprint density at radius 1 is 1.32 bits per heavy atom. The van der Waals surface area contributed by atoms with Gasteiger partial charge in [-0.15, -0.1) is 0 Å². The van der Waals surface area contributed by atoms with Crippen molar-refractivity contribution in [2.75, 3.05) is 17.2 Å². The maximum atomic E-state index is 13.7. The number of aryl methyl sites for hydroxylation is 1. The topological polar surface area (TPSA) is 49.8 Å². The van der Waals surface area contributed by atoms with Crippen molar-refractivity contribution < 1.29 is 4.39 Å². The minimum Gasteiger partial charge on any atom is -0.354 e. The van der Waals surface area contributed by atoms with Crippen LogP contribution in [0.5, 0.6) is 0 Å². The number of benzene rings is 1. The first-order valence-electron chi connectivity index (χ1n) is 5.90. The van der Waals surface area contributed by atoms with Crippen molar-refractivity contribution in [3.63, 3.8) is 0 Å². The van der Waals surface area contributed by atoms with E-state index in [1.165, 1.54) is 6.07 Å². The quantitative estimate of drug-likeness (QED) is 0.896. The average molecular weight is 325 g/mol. The first-order chi connectivity index (χ1) is 9.10. The van der Waals surface area contributed by atoms with Crippen LogP contribution in [0.1, 0.15) is 12.6 Å². The molecule has 1 aromatic heterocycles. The Morgan fingerprint density at radius 2 is 2.11 bits per heavy atom. The predicted octanol–water partition coefficient (Wildman–Crippen LogP) is 3.86. The molecule has 0 radical (unpaired) electrons. The standard InChI is InChI=1S/C13H14BrFN4/c1-3-16-13-17-8(2)7-11(19-13)18-12-9(14)5-4-6-10(12)15/h4-7H,3H2,1-2H3,(H2,16,17,18,19). The van der Waals surface area contributed by atoms with Crippen LogP contribution in [0, 0.1) is 12.7 Å². The Bertz CT molecular complexity index is 569. The molecule has 0 unspecified atom stereocenters. The first kappa shape index (κ1) is 13.7. The molecule has 2 rings (SSSR count). The fourth-order valence-electron chi connectivity index (χ4n) is 1.62. The Hall–Kier alpha value is -1.69. The van der Waals surface area contributed by atoms with Gasteiger partial charge in [0.15, 0.2) is 0 Å². The van der Waals surface area contributed by atoms with Gasteiger partial charge in [0, 0.05) is 22.8 Å². The maximum Gasteiger partial charge on any atom is 0.224 e. The minimum atomic E-state index is -0.337. The van der Waals surface area contributed by atoms with Gasteiger partial charge in [0.1, 0.15) is 11.6 Å². The fourth-order valence-corrected chi connectivity index (χ4v) is 2.06. The average Bonchev–Trinajstić information content (AvgIpc) is 2.34. The van der Waals surface area contributed by atoms with Crippen molar-refractivity contribution in [1.29, 1.82) is 0 Å². The molecule has 0 aliphatic heterocycles. The SMILES string of the molecule is CCNc1nc(C)cc(Nc2c(F)cccc2Br)n1. The number of halogens is 2. The maximum absolute atomic E-state index is 13.7. The lowest BCUT2D eigenvalue weighted by Gasteiger charge is -2.11. The van der Waals surface area contributed by atoms with Crippen LogP contribution in [-0.2, 0) is 0 Å². The number of para-hydroxylation sites is 1. The molecular weight excluding hydrogens is 311 g/mol. The summed E-state index contributed by atoms with van der Waals surface area (Å²) < 4.78 is 14.4. The summed E-state index contributed by atoms with van der Waals surface area (Å²) in [4.78, 5) is 8.52. The fraction of sp³-hybridized carbons (Fsp3) is 0.231. The highest BCUT2D eigenvalue weighted by Crippen LogP contribution is 2.28. The molecule has 0 spiro atoms. The predicted molar refractivity (Wildman–Crippen MR) is 78.3 cm³/mol. The Labute approximate surface area is 119 Å². The molecule has 0 amide bonds. The van der Waals surface area contributed by atoms with Gasteiger partial charge < -0.3 is 10.6 Å². The molecule has 0 fully saturated rings. The van der Waals surface area contributed by atoms with E-state index in [-0.39, 0.29) is 5.82 Å².